The third kappa shape index (κ3) is 5.92. The predicted octanol–water partition coefficient (Wildman–Crippen LogP) is 3.18. The quantitative estimate of drug-likeness (QED) is 0.437. The number of nitrogens with one attached hydrogen (secondary N) is 1. The van der Waals surface area contributed by atoms with Crippen LogP contribution in [0.3, 0.4) is 0 Å². The van der Waals surface area contributed by atoms with E-state index in [-0.39, 0.29) is 31.4 Å². The zero-order chi connectivity index (χ0) is 30.7. The van der Waals surface area contributed by atoms with Gasteiger partial charge in [-0.25, -0.2) is 9.59 Å². The molecule has 3 heterocycles. The number of hydrogen-bond acceptors (Lipinski definition) is 9. The first-order valence-corrected chi connectivity index (χ1v) is 14.4. The van der Waals surface area contributed by atoms with E-state index in [9.17, 15) is 14.4 Å². The molecule has 1 fully saturated rings. The molecule has 0 aromatic heterocycles. The van der Waals surface area contributed by atoms with E-state index in [0.29, 0.717) is 78.1 Å². The summed E-state index contributed by atoms with van der Waals surface area (Å²) >= 11 is 0. The van der Waals surface area contributed by atoms with Crippen molar-refractivity contribution in [2.45, 2.75) is 32.9 Å². The first-order chi connectivity index (χ1) is 20.8. The van der Waals surface area contributed by atoms with Crippen LogP contribution in [-0.4, -0.2) is 99.0 Å². The molecule has 1 saturated heterocycles. The van der Waals surface area contributed by atoms with Crippen LogP contribution in [0.15, 0.2) is 47.7 Å². The molecule has 0 radical (unpaired) electrons. The summed E-state index contributed by atoms with van der Waals surface area (Å²) in [5.74, 6) is 1.65. The number of urea groups is 1. The maximum Gasteiger partial charge on any atom is 0.338 e. The lowest BCUT2D eigenvalue weighted by Crippen LogP contribution is -2.56. The van der Waals surface area contributed by atoms with Crippen LogP contribution >= 0.6 is 0 Å². The molecule has 2 aromatic carbocycles. The molecule has 2 atom stereocenters. The second kappa shape index (κ2) is 12.8. The monoisotopic (exact) mass is 594 g/mol. The van der Waals surface area contributed by atoms with E-state index in [1.165, 1.54) is 7.11 Å². The maximum atomic E-state index is 13.6. The number of fused-ring (bicyclic) bond motifs is 1. The van der Waals surface area contributed by atoms with E-state index in [1.807, 2.05) is 18.7 Å². The highest BCUT2D eigenvalue weighted by Gasteiger charge is 2.40. The fraction of sp³-hybridized carbons (Fsp3) is 0.452. The third-order valence-corrected chi connectivity index (χ3v) is 7.97. The SMILES string of the molecule is CCOC(=O)C1=C(CN2CCN(C(=O)c3ccc4c(c3)OCO4)C(C)C2)N(CC)C(=O)NC1c1ccc(OC)cc1OC. The van der Waals surface area contributed by atoms with E-state index in [0.717, 1.165) is 0 Å². The summed E-state index contributed by atoms with van der Waals surface area (Å²) in [5.41, 5.74) is 2.06. The standard InChI is InChI=1S/C31H38N4O8/c1-6-34-23(17-33-12-13-35(19(3)16-33)29(36)20-8-11-24-26(14-20)43-18-42-24)27(30(37)41-7-2)28(32-31(34)38)22-10-9-21(39-4)15-25(22)40-5/h8-11,14-15,19,28H,6-7,12-13,16-18H2,1-5H3,(H,32,38). The number of carbonyl (C=O) groups excluding carboxylic acids is 3. The van der Waals surface area contributed by atoms with Gasteiger partial charge in [-0.15, -0.1) is 0 Å². The number of ether oxygens (including phenoxy) is 5. The summed E-state index contributed by atoms with van der Waals surface area (Å²) in [5, 5.41) is 2.99. The number of methoxy groups -OCH3 is 2. The Morgan fingerprint density at radius 2 is 1.81 bits per heavy atom. The molecular weight excluding hydrogens is 556 g/mol. The van der Waals surface area contributed by atoms with Crippen molar-refractivity contribution >= 4 is 17.9 Å². The number of rotatable bonds is 9. The van der Waals surface area contributed by atoms with E-state index in [2.05, 4.69) is 10.2 Å². The van der Waals surface area contributed by atoms with Crippen LogP contribution in [0.2, 0.25) is 0 Å². The number of amides is 3. The Labute approximate surface area is 251 Å². The molecule has 5 rings (SSSR count). The van der Waals surface area contributed by atoms with Crippen molar-refractivity contribution in [2.75, 3.05) is 60.3 Å². The van der Waals surface area contributed by atoms with Gasteiger partial charge in [0.15, 0.2) is 11.5 Å². The predicted molar refractivity (Wildman–Crippen MR) is 156 cm³/mol. The normalized spacial score (nSPS) is 20.2. The number of benzene rings is 2. The second-order valence-electron chi connectivity index (χ2n) is 10.5. The van der Waals surface area contributed by atoms with Crippen molar-refractivity contribution in [3.05, 3.63) is 58.8 Å². The van der Waals surface area contributed by atoms with Crippen molar-refractivity contribution in [1.82, 2.24) is 20.0 Å². The molecule has 0 saturated carbocycles. The van der Waals surface area contributed by atoms with Gasteiger partial charge in [0.25, 0.3) is 5.91 Å². The Morgan fingerprint density at radius 3 is 2.51 bits per heavy atom. The molecule has 230 valence electrons. The molecule has 2 unspecified atom stereocenters. The number of esters is 1. The van der Waals surface area contributed by atoms with E-state index >= 15 is 0 Å². The van der Waals surface area contributed by atoms with Crippen LogP contribution < -0.4 is 24.3 Å². The number of nitrogens with zero attached hydrogens (tertiary/aromatic N) is 3. The minimum absolute atomic E-state index is 0.0872. The number of carbonyl (C=O) groups is 3. The Morgan fingerprint density at radius 1 is 1.02 bits per heavy atom. The van der Waals surface area contributed by atoms with Crippen LogP contribution in [0, 0.1) is 0 Å². The van der Waals surface area contributed by atoms with Crippen molar-refractivity contribution in [2.24, 2.45) is 0 Å². The molecule has 12 nitrogen and oxygen atoms in total. The van der Waals surface area contributed by atoms with Gasteiger partial charge >= 0.3 is 12.0 Å². The molecule has 3 aliphatic rings. The molecule has 12 heteroatoms. The second-order valence-corrected chi connectivity index (χ2v) is 10.5. The van der Waals surface area contributed by atoms with Gasteiger partial charge < -0.3 is 33.9 Å². The largest absolute Gasteiger partial charge is 0.497 e. The highest BCUT2D eigenvalue weighted by molar-refractivity contribution is 5.96. The summed E-state index contributed by atoms with van der Waals surface area (Å²) in [6.45, 7) is 8.18. The van der Waals surface area contributed by atoms with Crippen molar-refractivity contribution < 1.29 is 38.1 Å². The van der Waals surface area contributed by atoms with Gasteiger partial charge in [0.05, 0.1) is 32.4 Å². The lowest BCUT2D eigenvalue weighted by molar-refractivity contribution is -0.139. The van der Waals surface area contributed by atoms with Crippen molar-refractivity contribution in [3.8, 4) is 23.0 Å². The van der Waals surface area contributed by atoms with E-state index in [4.69, 9.17) is 23.7 Å². The Bertz CT molecular complexity index is 1430. The lowest BCUT2D eigenvalue weighted by atomic mass is 9.93. The summed E-state index contributed by atoms with van der Waals surface area (Å²) in [6, 6.07) is 9.24. The smallest absolute Gasteiger partial charge is 0.338 e. The molecule has 0 bridgehead atoms. The molecule has 1 N–H and O–H groups in total. The average Bonchev–Trinajstić information content (AvgIpc) is 3.48. The van der Waals surface area contributed by atoms with Crippen LogP contribution in [-0.2, 0) is 9.53 Å². The molecule has 3 aliphatic heterocycles. The number of piperazine rings is 1. The zero-order valence-electron chi connectivity index (χ0n) is 25.2. The minimum Gasteiger partial charge on any atom is -0.497 e. The van der Waals surface area contributed by atoms with E-state index in [1.54, 1.807) is 55.3 Å². The summed E-state index contributed by atoms with van der Waals surface area (Å²) in [4.78, 5) is 46.0. The topological polar surface area (TPSA) is 119 Å². The van der Waals surface area contributed by atoms with Gasteiger partial charge in [-0.05, 0) is 51.1 Å². The van der Waals surface area contributed by atoms with Gasteiger partial charge in [0.1, 0.15) is 11.5 Å². The highest BCUT2D eigenvalue weighted by atomic mass is 16.7. The first-order valence-electron chi connectivity index (χ1n) is 14.4. The third-order valence-electron chi connectivity index (χ3n) is 7.97. The summed E-state index contributed by atoms with van der Waals surface area (Å²) < 4.78 is 27.3. The highest BCUT2D eigenvalue weighted by Crippen LogP contribution is 2.38. The number of hydrogen-bond donors (Lipinski definition) is 1. The van der Waals surface area contributed by atoms with Gasteiger partial charge in [-0.3, -0.25) is 14.6 Å². The van der Waals surface area contributed by atoms with Gasteiger partial charge in [0.2, 0.25) is 6.79 Å². The van der Waals surface area contributed by atoms with Crippen LogP contribution in [0.5, 0.6) is 23.0 Å². The fourth-order valence-electron chi connectivity index (χ4n) is 5.83. The summed E-state index contributed by atoms with van der Waals surface area (Å²) in [7, 11) is 3.09. The van der Waals surface area contributed by atoms with Crippen LogP contribution in [0.4, 0.5) is 4.79 Å². The Kier molecular flexibility index (Phi) is 8.95. The van der Waals surface area contributed by atoms with Crippen LogP contribution in [0.1, 0.15) is 42.7 Å². The van der Waals surface area contributed by atoms with Gasteiger partial charge in [0, 0.05) is 61.7 Å². The fourth-order valence-corrected chi connectivity index (χ4v) is 5.83. The van der Waals surface area contributed by atoms with Gasteiger partial charge in [-0.1, -0.05) is 0 Å². The Hall–Kier alpha value is -4.45. The molecule has 0 spiro atoms. The lowest BCUT2D eigenvalue weighted by Gasteiger charge is -2.43. The van der Waals surface area contributed by atoms with Crippen molar-refractivity contribution in [1.29, 1.82) is 0 Å². The molecule has 2 aromatic rings. The molecule has 43 heavy (non-hydrogen) atoms. The average molecular weight is 595 g/mol. The van der Waals surface area contributed by atoms with Crippen LogP contribution in [0.25, 0.3) is 0 Å². The maximum absolute atomic E-state index is 13.6. The van der Waals surface area contributed by atoms with Crippen molar-refractivity contribution in [3.63, 3.8) is 0 Å². The first kappa shape index (κ1) is 30.0. The minimum atomic E-state index is -0.795. The zero-order valence-corrected chi connectivity index (χ0v) is 25.2. The number of likely N-dealkylation sites (N-methyl/N-ethyl adjacent to an activating group) is 1. The molecule has 3 amide bonds. The van der Waals surface area contributed by atoms with Gasteiger partial charge in [-0.2, -0.15) is 0 Å². The summed E-state index contributed by atoms with van der Waals surface area (Å²) in [6.07, 6.45) is 0. The van der Waals surface area contributed by atoms with E-state index < -0.39 is 12.0 Å². The molecule has 0 aliphatic carbocycles. The molecular formula is C31H38N4O8. The Balaban J connectivity index is 1.43.